The van der Waals surface area contributed by atoms with Gasteiger partial charge < -0.3 is 19.1 Å². The van der Waals surface area contributed by atoms with Crippen molar-refractivity contribution in [1.29, 1.82) is 0 Å². The molecule has 0 aliphatic carbocycles. The van der Waals surface area contributed by atoms with Crippen molar-refractivity contribution >= 4 is 10.9 Å². The molecule has 1 N–H and O–H groups in total. The zero-order valence-corrected chi connectivity index (χ0v) is 21.4. The van der Waals surface area contributed by atoms with E-state index >= 15 is 0 Å². The molecule has 0 saturated heterocycles. The average Bonchev–Trinajstić information content (AvgIpc) is 3.22. The Balaban J connectivity index is 1.53. The topological polar surface area (TPSA) is 43.6 Å². The minimum absolute atomic E-state index is 0.0656. The Labute approximate surface area is 224 Å². The number of aromatic nitrogens is 1. The summed E-state index contributed by atoms with van der Waals surface area (Å²) in [6, 6.07) is 28.7. The summed E-state index contributed by atoms with van der Waals surface area (Å²) in [6.07, 6.45) is -4.40. The molecule has 0 unspecified atom stereocenters. The van der Waals surface area contributed by atoms with E-state index in [4.69, 9.17) is 14.6 Å². The molecule has 7 heteroatoms. The molecule has 0 amide bonds. The van der Waals surface area contributed by atoms with Crippen molar-refractivity contribution in [1.82, 2.24) is 4.57 Å². The molecule has 1 aromatic heterocycles. The normalized spacial score (nSPS) is 11.6. The molecule has 0 bridgehead atoms. The number of nitrogens with zero attached hydrogens (tertiary/aromatic N) is 1. The van der Waals surface area contributed by atoms with Gasteiger partial charge in [-0.05, 0) is 71.6 Å². The van der Waals surface area contributed by atoms with E-state index < -0.39 is 11.7 Å². The molecule has 4 nitrogen and oxygen atoms in total. The second-order valence-electron chi connectivity index (χ2n) is 9.30. The number of aliphatic hydroxyl groups is 1. The maximum Gasteiger partial charge on any atom is 0.416 e. The fourth-order valence-electron chi connectivity index (χ4n) is 4.72. The molecule has 0 fully saturated rings. The largest absolute Gasteiger partial charge is 0.491 e. The summed E-state index contributed by atoms with van der Waals surface area (Å²) in [5, 5.41) is 9.96. The van der Waals surface area contributed by atoms with Gasteiger partial charge in [0.15, 0.2) is 0 Å². The zero-order chi connectivity index (χ0) is 27.4. The molecule has 0 aliphatic rings. The Morgan fingerprint density at radius 2 is 1.46 bits per heavy atom. The molecule has 0 saturated carbocycles. The van der Waals surface area contributed by atoms with Crippen molar-refractivity contribution in [3.05, 3.63) is 119 Å². The molecular formula is C32H28F3NO3. The zero-order valence-electron chi connectivity index (χ0n) is 21.4. The van der Waals surface area contributed by atoms with Gasteiger partial charge in [0.1, 0.15) is 24.7 Å². The maximum absolute atomic E-state index is 13.2. The summed E-state index contributed by atoms with van der Waals surface area (Å²) in [5.74, 6) is 1.38. The van der Waals surface area contributed by atoms with E-state index in [0.717, 1.165) is 51.2 Å². The van der Waals surface area contributed by atoms with Gasteiger partial charge in [-0.15, -0.1) is 0 Å². The van der Waals surface area contributed by atoms with Crippen LogP contribution in [0.2, 0.25) is 0 Å². The maximum atomic E-state index is 13.2. The molecular weight excluding hydrogens is 503 g/mol. The molecule has 5 rings (SSSR count). The van der Waals surface area contributed by atoms with Crippen molar-refractivity contribution < 1.29 is 27.8 Å². The predicted molar refractivity (Wildman–Crippen MR) is 146 cm³/mol. The van der Waals surface area contributed by atoms with Gasteiger partial charge in [0, 0.05) is 17.4 Å². The van der Waals surface area contributed by atoms with Crippen LogP contribution in [0, 0.1) is 6.92 Å². The number of aryl methyl sites for hydroxylation is 1. The quantitative estimate of drug-likeness (QED) is 0.213. The third-order valence-electron chi connectivity index (χ3n) is 6.65. The Kier molecular flexibility index (Phi) is 7.61. The van der Waals surface area contributed by atoms with Gasteiger partial charge in [0.05, 0.1) is 17.9 Å². The minimum Gasteiger partial charge on any atom is -0.491 e. The van der Waals surface area contributed by atoms with Crippen molar-refractivity contribution in [3.8, 4) is 22.8 Å². The lowest BCUT2D eigenvalue weighted by Gasteiger charge is -2.14. The molecule has 1 heterocycles. The molecule has 5 aromatic rings. The molecule has 4 aromatic carbocycles. The van der Waals surface area contributed by atoms with E-state index in [-0.39, 0.29) is 13.2 Å². The van der Waals surface area contributed by atoms with E-state index in [1.54, 1.807) is 0 Å². The molecule has 0 spiro atoms. The van der Waals surface area contributed by atoms with Crippen LogP contribution >= 0.6 is 0 Å². The average molecular weight is 532 g/mol. The highest BCUT2D eigenvalue weighted by Gasteiger charge is 2.30. The second-order valence-corrected chi connectivity index (χ2v) is 9.30. The van der Waals surface area contributed by atoms with Gasteiger partial charge in [0.25, 0.3) is 0 Å². The van der Waals surface area contributed by atoms with E-state index in [1.807, 2.05) is 79.7 Å². The molecule has 0 aliphatic heterocycles. The van der Waals surface area contributed by atoms with E-state index in [1.165, 1.54) is 12.1 Å². The monoisotopic (exact) mass is 531 g/mol. The van der Waals surface area contributed by atoms with E-state index in [0.29, 0.717) is 24.5 Å². The molecule has 39 heavy (non-hydrogen) atoms. The molecule has 200 valence electrons. The summed E-state index contributed by atoms with van der Waals surface area (Å²) in [5.41, 5.74) is 4.84. The van der Waals surface area contributed by atoms with Gasteiger partial charge in [-0.2, -0.15) is 13.2 Å². The van der Waals surface area contributed by atoms with Gasteiger partial charge in [-0.3, -0.25) is 0 Å². The van der Waals surface area contributed by atoms with Crippen molar-refractivity contribution in [2.45, 2.75) is 26.3 Å². The van der Waals surface area contributed by atoms with Gasteiger partial charge in [-0.1, -0.05) is 54.6 Å². The Morgan fingerprint density at radius 1 is 0.769 bits per heavy atom. The first kappa shape index (κ1) is 26.4. The standard InChI is InChI=1S/C32H28F3NO3/c1-22-29-19-28(39-21-24-5-3-2-4-6-24)15-16-30(29)36(20-23-7-13-27(14-8-23)38-18-17-37)31(22)25-9-11-26(12-10-25)32(33,34)35/h2-16,19,37H,17-18,20-21H2,1H3. The highest BCUT2D eigenvalue weighted by atomic mass is 19.4. The van der Waals surface area contributed by atoms with Crippen LogP contribution in [-0.2, 0) is 19.3 Å². The van der Waals surface area contributed by atoms with Gasteiger partial charge in [-0.25, -0.2) is 0 Å². The SMILES string of the molecule is Cc1c(-c2ccc(C(F)(F)F)cc2)n(Cc2ccc(OCCO)cc2)c2ccc(OCc3ccccc3)cc12. The highest BCUT2D eigenvalue weighted by Crippen LogP contribution is 2.37. The Hall–Kier alpha value is -4.23. The van der Waals surface area contributed by atoms with E-state index in [9.17, 15) is 13.2 Å². The number of fused-ring (bicyclic) bond motifs is 1. The van der Waals surface area contributed by atoms with Crippen LogP contribution in [0.15, 0.2) is 97.1 Å². The van der Waals surface area contributed by atoms with Crippen LogP contribution in [0.25, 0.3) is 22.2 Å². The molecule has 0 radical (unpaired) electrons. The van der Waals surface area contributed by atoms with Crippen molar-refractivity contribution in [2.24, 2.45) is 0 Å². The number of ether oxygens (including phenoxy) is 2. The number of benzene rings is 4. The fourth-order valence-corrected chi connectivity index (χ4v) is 4.72. The Morgan fingerprint density at radius 3 is 2.13 bits per heavy atom. The third-order valence-corrected chi connectivity index (χ3v) is 6.65. The minimum atomic E-state index is -4.40. The van der Waals surface area contributed by atoms with Crippen LogP contribution in [0.1, 0.15) is 22.3 Å². The summed E-state index contributed by atoms with van der Waals surface area (Å²) >= 11 is 0. The lowest BCUT2D eigenvalue weighted by atomic mass is 10.0. The number of hydrogen-bond donors (Lipinski definition) is 1. The fraction of sp³-hybridized carbons (Fsp3) is 0.188. The molecule has 0 atom stereocenters. The summed E-state index contributed by atoms with van der Waals surface area (Å²) < 4.78 is 53.4. The highest BCUT2D eigenvalue weighted by molar-refractivity contribution is 5.92. The van der Waals surface area contributed by atoms with Crippen LogP contribution in [0.5, 0.6) is 11.5 Å². The van der Waals surface area contributed by atoms with Crippen LogP contribution < -0.4 is 9.47 Å². The first-order valence-corrected chi connectivity index (χ1v) is 12.6. The Bertz CT molecular complexity index is 1540. The lowest BCUT2D eigenvalue weighted by Crippen LogP contribution is -2.05. The van der Waals surface area contributed by atoms with Crippen LogP contribution in [-0.4, -0.2) is 22.9 Å². The number of alkyl halides is 3. The third kappa shape index (κ3) is 5.94. The van der Waals surface area contributed by atoms with Crippen LogP contribution in [0.3, 0.4) is 0 Å². The number of rotatable bonds is 9. The second kappa shape index (κ2) is 11.3. The first-order valence-electron chi connectivity index (χ1n) is 12.6. The van der Waals surface area contributed by atoms with E-state index in [2.05, 4.69) is 4.57 Å². The lowest BCUT2D eigenvalue weighted by molar-refractivity contribution is -0.137. The summed E-state index contributed by atoms with van der Waals surface area (Å²) in [6.45, 7) is 3.07. The van der Waals surface area contributed by atoms with Crippen molar-refractivity contribution in [2.75, 3.05) is 13.2 Å². The first-order chi connectivity index (χ1) is 18.8. The number of hydrogen-bond acceptors (Lipinski definition) is 3. The van der Waals surface area contributed by atoms with Gasteiger partial charge in [0.2, 0.25) is 0 Å². The van der Waals surface area contributed by atoms with Crippen LogP contribution in [0.4, 0.5) is 13.2 Å². The van der Waals surface area contributed by atoms with Gasteiger partial charge >= 0.3 is 6.18 Å². The summed E-state index contributed by atoms with van der Waals surface area (Å²) in [7, 11) is 0. The number of halogens is 3. The summed E-state index contributed by atoms with van der Waals surface area (Å²) in [4.78, 5) is 0. The number of aliphatic hydroxyl groups excluding tert-OH is 1. The predicted octanol–water partition coefficient (Wildman–Crippen LogP) is 7.63. The smallest absolute Gasteiger partial charge is 0.416 e. The van der Waals surface area contributed by atoms with Crippen molar-refractivity contribution in [3.63, 3.8) is 0 Å².